The van der Waals surface area contributed by atoms with Crippen molar-refractivity contribution in [2.75, 3.05) is 12.8 Å². The van der Waals surface area contributed by atoms with Crippen molar-refractivity contribution < 1.29 is 4.21 Å². The molecule has 0 spiro atoms. The van der Waals surface area contributed by atoms with Crippen LogP contribution in [0.15, 0.2) is 0 Å². The Kier molecular flexibility index (Phi) is 4.10. The van der Waals surface area contributed by atoms with E-state index in [1.807, 2.05) is 18.3 Å². The molecular weight excluding hydrogens is 240 g/mol. The average molecular weight is 258 g/mol. The summed E-state index contributed by atoms with van der Waals surface area (Å²) in [6.45, 7) is 3.62. The van der Waals surface area contributed by atoms with Crippen LogP contribution in [0.4, 0.5) is 0 Å². The molecule has 1 N–H and O–H groups in total. The molecule has 1 heterocycles. The third-order valence-electron chi connectivity index (χ3n) is 2.91. The second kappa shape index (κ2) is 5.38. The van der Waals surface area contributed by atoms with Gasteiger partial charge < -0.3 is 5.32 Å². The number of thiazole rings is 1. The Balaban J connectivity index is 1.79. The Morgan fingerprint density at radius 1 is 1.56 bits per heavy atom. The lowest BCUT2D eigenvalue weighted by Crippen LogP contribution is -2.27. The van der Waals surface area contributed by atoms with E-state index < -0.39 is 10.8 Å². The molecule has 0 fully saturated rings. The highest BCUT2D eigenvalue weighted by molar-refractivity contribution is 7.84. The van der Waals surface area contributed by atoms with Gasteiger partial charge in [0, 0.05) is 40.3 Å². The van der Waals surface area contributed by atoms with Crippen molar-refractivity contribution in [1.82, 2.24) is 10.3 Å². The molecular formula is C11H18N2OS2. The zero-order valence-electron chi connectivity index (χ0n) is 9.78. The molecule has 1 aromatic rings. The van der Waals surface area contributed by atoms with Crippen LogP contribution < -0.4 is 5.32 Å². The van der Waals surface area contributed by atoms with Crippen molar-refractivity contribution in [3.05, 3.63) is 15.6 Å². The summed E-state index contributed by atoms with van der Waals surface area (Å²) in [5.41, 5.74) is 1.31. The summed E-state index contributed by atoms with van der Waals surface area (Å²) < 4.78 is 11.2. The van der Waals surface area contributed by atoms with Crippen molar-refractivity contribution in [3.63, 3.8) is 0 Å². The third-order valence-corrected chi connectivity index (χ3v) is 5.37. The van der Waals surface area contributed by atoms with Crippen molar-refractivity contribution in [2.45, 2.75) is 38.0 Å². The predicted octanol–water partition coefficient (Wildman–Crippen LogP) is 1.49. The van der Waals surface area contributed by atoms with Gasteiger partial charge in [0.15, 0.2) is 0 Å². The second-order valence-corrected chi connectivity index (χ2v) is 7.24. The molecule has 16 heavy (non-hydrogen) atoms. The maximum atomic E-state index is 11.2. The van der Waals surface area contributed by atoms with E-state index in [0.29, 0.717) is 0 Å². The van der Waals surface area contributed by atoms with Crippen LogP contribution in [0.1, 0.15) is 28.9 Å². The minimum atomic E-state index is -0.737. The van der Waals surface area contributed by atoms with Crippen LogP contribution in [0.5, 0.6) is 0 Å². The molecule has 3 nitrogen and oxygen atoms in total. The van der Waals surface area contributed by atoms with Gasteiger partial charge in [-0.3, -0.25) is 4.21 Å². The monoisotopic (exact) mass is 258 g/mol. The predicted molar refractivity (Wildman–Crippen MR) is 69.4 cm³/mol. The van der Waals surface area contributed by atoms with Crippen LogP contribution in [0.25, 0.3) is 0 Å². The number of nitrogens with one attached hydrogen (secondary N) is 1. The van der Waals surface area contributed by atoms with Gasteiger partial charge in [-0.15, -0.1) is 11.3 Å². The van der Waals surface area contributed by atoms with Crippen LogP contribution in [0, 0.1) is 0 Å². The third kappa shape index (κ3) is 2.90. The van der Waals surface area contributed by atoms with Gasteiger partial charge in [-0.2, -0.15) is 0 Å². The Hall–Kier alpha value is -0.260. The number of hydrogen-bond donors (Lipinski definition) is 1. The molecule has 0 amide bonds. The fourth-order valence-corrected chi connectivity index (χ4v) is 3.30. The first-order chi connectivity index (χ1) is 7.66. The topological polar surface area (TPSA) is 42.0 Å². The van der Waals surface area contributed by atoms with Crippen molar-refractivity contribution in [1.29, 1.82) is 0 Å². The van der Waals surface area contributed by atoms with E-state index in [-0.39, 0.29) is 5.25 Å². The highest BCUT2D eigenvalue weighted by Gasteiger charge is 2.16. The van der Waals surface area contributed by atoms with Crippen LogP contribution in [0.2, 0.25) is 0 Å². The fraction of sp³-hybridized carbons (Fsp3) is 0.727. The van der Waals surface area contributed by atoms with Crippen LogP contribution in [-0.2, 0) is 30.2 Å². The minimum Gasteiger partial charge on any atom is -0.309 e. The SMILES string of the molecule is CC(CNCc1nc2c(s1)CCC2)S(C)=O. The highest BCUT2D eigenvalue weighted by Crippen LogP contribution is 2.27. The first kappa shape index (κ1) is 12.2. The zero-order valence-corrected chi connectivity index (χ0v) is 11.4. The fourth-order valence-electron chi connectivity index (χ4n) is 1.82. The Morgan fingerprint density at radius 3 is 3.06 bits per heavy atom. The Labute approximate surface area is 103 Å². The highest BCUT2D eigenvalue weighted by atomic mass is 32.2. The summed E-state index contributed by atoms with van der Waals surface area (Å²) in [4.78, 5) is 6.09. The lowest BCUT2D eigenvalue weighted by molar-refractivity contribution is 0.645. The molecule has 0 bridgehead atoms. The largest absolute Gasteiger partial charge is 0.309 e. The van der Waals surface area contributed by atoms with E-state index in [2.05, 4.69) is 10.3 Å². The molecule has 0 radical (unpaired) electrons. The summed E-state index contributed by atoms with van der Waals surface area (Å²) in [5, 5.41) is 4.72. The maximum Gasteiger partial charge on any atom is 0.107 e. The van der Waals surface area contributed by atoms with Gasteiger partial charge in [0.05, 0.1) is 5.69 Å². The number of nitrogens with zero attached hydrogens (tertiary/aromatic N) is 1. The van der Waals surface area contributed by atoms with Crippen molar-refractivity contribution >= 4 is 22.1 Å². The van der Waals surface area contributed by atoms with E-state index in [1.165, 1.54) is 28.4 Å². The van der Waals surface area contributed by atoms with Gasteiger partial charge in [0.1, 0.15) is 5.01 Å². The minimum absolute atomic E-state index is 0.215. The lowest BCUT2D eigenvalue weighted by atomic mass is 10.4. The van der Waals surface area contributed by atoms with Crippen LogP contribution >= 0.6 is 11.3 Å². The molecule has 1 aromatic heterocycles. The first-order valence-electron chi connectivity index (χ1n) is 5.67. The number of hydrogen-bond acceptors (Lipinski definition) is 4. The summed E-state index contributed by atoms with van der Waals surface area (Å²) in [6, 6.07) is 0. The van der Waals surface area contributed by atoms with E-state index >= 15 is 0 Å². The van der Waals surface area contributed by atoms with Crippen molar-refractivity contribution in [2.24, 2.45) is 0 Å². The number of aryl methyl sites for hydroxylation is 2. The summed E-state index contributed by atoms with van der Waals surface area (Å²) in [6.07, 6.45) is 5.39. The van der Waals surface area contributed by atoms with Gasteiger partial charge in [-0.25, -0.2) is 4.98 Å². The smallest absolute Gasteiger partial charge is 0.107 e. The number of fused-ring (bicyclic) bond motifs is 1. The van der Waals surface area contributed by atoms with E-state index in [1.54, 1.807) is 6.26 Å². The summed E-state index contributed by atoms with van der Waals surface area (Å²) in [7, 11) is -0.737. The molecule has 1 aliphatic rings. The molecule has 1 aliphatic carbocycles. The molecule has 0 aromatic carbocycles. The van der Waals surface area contributed by atoms with Gasteiger partial charge in [-0.1, -0.05) is 0 Å². The normalized spacial score (nSPS) is 18.4. The molecule has 0 saturated carbocycles. The molecule has 2 rings (SSSR count). The van der Waals surface area contributed by atoms with Crippen molar-refractivity contribution in [3.8, 4) is 0 Å². The van der Waals surface area contributed by atoms with Gasteiger partial charge >= 0.3 is 0 Å². The molecule has 0 aliphatic heterocycles. The van der Waals surface area contributed by atoms with E-state index in [4.69, 9.17) is 0 Å². The number of rotatable bonds is 5. The Morgan fingerprint density at radius 2 is 2.38 bits per heavy atom. The molecule has 2 unspecified atom stereocenters. The van der Waals surface area contributed by atoms with Crippen LogP contribution in [-0.4, -0.2) is 27.2 Å². The molecule has 2 atom stereocenters. The quantitative estimate of drug-likeness (QED) is 0.870. The van der Waals surface area contributed by atoms with Gasteiger partial charge in [0.25, 0.3) is 0 Å². The summed E-state index contributed by atoms with van der Waals surface area (Å²) >= 11 is 1.83. The number of aromatic nitrogens is 1. The van der Waals surface area contributed by atoms with Crippen LogP contribution in [0.3, 0.4) is 0 Å². The van der Waals surface area contributed by atoms with Gasteiger partial charge in [0.2, 0.25) is 0 Å². The standard InChI is InChI=1S/C11H18N2OS2/c1-8(16(2)14)6-12-7-11-13-9-4-3-5-10(9)15-11/h8,12H,3-7H2,1-2H3. The molecule has 5 heteroatoms. The lowest BCUT2D eigenvalue weighted by Gasteiger charge is -2.08. The molecule has 0 saturated heterocycles. The van der Waals surface area contributed by atoms with Gasteiger partial charge in [-0.05, 0) is 26.2 Å². The zero-order chi connectivity index (χ0) is 11.5. The maximum absolute atomic E-state index is 11.2. The van der Waals surface area contributed by atoms with E-state index in [9.17, 15) is 4.21 Å². The second-order valence-electron chi connectivity index (χ2n) is 4.27. The first-order valence-corrected chi connectivity index (χ1v) is 8.11. The average Bonchev–Trinajstić information content (AvgIpc) is 2.77. The summed E-state index contributed by atoms with van der Waals surface area (Å²) in [5.74, 6) is 0. The Bertz CT molecular complexity index is 368. The van der Waals surface area contributed by atoms with E-state index in [0.717, 1.165) is 19.5 Å². The molecule has 90 valence electrons.